The minimum absolute atomic E-state index is 0.169. The first-order chi connectivity index (χ1) is 18.7. The van der Waals surface area contributed by atoms with Gasteiger partial charge in [-0.15, -0.1) is 0 Å². The molecule has 0 saturated carbocycles. The van der Waals surface area contributed by atoms with Crippen LogP contribution in [-0.2, 0) is 31.3 Å². The molecule has 4 rings (SSSR count). The molecule has 39 heavy (non-hydrogen) atoms. The lowest BCUT2D eigenvalue weighted by molar-refractivity contribution is 0.340. The van der Waals surface area contributed by atoms with Crippen molar-refractivity contribution in [2.45, 2.75) is 19.9 Å². The smallest absolute Gasteiger partial charge is 0.254 e. The van der Waals surface area contributed by atoms with Crippen LogP contribution in [0.3, 0.4) is 0 Å². The molecule has 0 aliphatic rings. The third-order valence-electron chi connectivity index (χ3n) is 6.01. The summed E-state index contributed by atoms with van der Waals surface area (Å²) in [6.45, 7) is 2.66. The molecule has 0 radical (unpaired) electrons. The number of benzene rings is 3. The third kappa shape index (κ3) is 7.17. The summed E-state index contributed by atoms with van der Waals surface area (Å²) in [6, 6.07) is 19.0. The molecule has 0 amide bonds. The molecule has 1 unspecified atom stereocenters. The third-order valence-corrected chi connectivity index (χ3v) is 6.76. The molecule has 1 atom stereocenters. The number of rotatable bonds is 11. The van der Waals surface area contributed by atoms with Crippen molar-refractivity contribution in [3.8, 4) is 28.4 Å². The monoisotopic (exact) mass is 554 g/mol. The molecule has 0 aliphatic heterocycles. The molecule has 1 heterocycles. The Kier molecular flexibility index (Phi) is 9.23. The summed E-state index contributed by atoms with van der Waals surface area (Å²) in [6.07, 6.45) is 2.01. The van der Waals surface area contributed by atoms with Crippen LogP contribution < -0.4 is 15.0 Å². The van der Waals surface area contributed by atoms with E-state index in [1.165, 1.54) is 21.0 Å². The second-order valence-electron chi connectivity index (χ2n) is 8.77. The van der Waals surface area contributed by atoms with Crippen molar-refractivity contribution in [1.82, 2.24) is 8.87 Å². The first kappa shape index (κ1) is 28.2. The Morgan fingerprint density at radius 1 is 0.923 bits per heavy atom. The highest BCUT2D eigenvalue weighted by atomic mass is 32.2. The van der Waals surface area contributed by atoms with Gasteiger partial charge in [0.25, 0.3) is 5.56 Å². The average molecular weight is 555 g/mol. The van der Waals surface area contributed by atoms with E-state index in [0.717, 1.165) is 23.3 Å². The predicted octanol–water partition coefficient (Wildman–Crippen LogP) is 5.70. The number of hydrogen-bond donors (Lipinski definition) is 1. The van der Waals surface area contributed by atoms with Crippen LogP contribution in [0.25, 0.3) is 11.1 Å². The van der Waals surface area contributed by atoms with Gasteiger partial charge >= 0.3 is 0 Å². The number of pyridine rings is 1. The van der Waals surface area contributed by atoms with E-state index in [4.69, 9.17) is 9.47 Å². The van der Waals surface area contributed by atoms with Gasteiger partial charge in [-0.25, -0.2) is 13.0 Å². The molecule has 0 saturated heterocycles. The molecule has 3 aromatic carbocycles. The Morgan fingerprint density at radius 2 is 1.67 bits per heavy atom. The highest BCUT2D eigenvalue weighted by Crippen LogP contribution is 2.39. The largest absolute Gasteiger partial charge is 0.493 e. The molecule has 7 nitrogen and oxygen atoms in total. The zero-order chi connectivity index (χ0) is 27.9. The lowest BCUT2D eigenvalue weighted by Crippen LogP contribution is -2.27. The number of aromatic nitrogens is 1. The Balaban J connectivity index is 1.71. The second kappa shape index (κ2) is 12.8. The van der Waals surface area contributed by atoms with Gasteiger partial charge in [-0.2, -0.15) is 4.31 Å². The molecule has 0 fully saturated rings. The Bertz CT molecular complexity index is 1530. The maximum Gasteiger partial charge on any atom is 0.254 e. The summed E-state index contributed by atoms with van der Waals surface area (Å²) in [5.41, 5.74) is 2.47. The summed E-state index contributed by atoms with van der Waals surface area (Å²) in [5, 5.41) is 0. The standard InChI is InChI=1S/C29H28F2N2O5S/c1-3-37-28-17-29(34)32(2)19-24(28)23-15-20(9-11-26(23)38-27-12-10-22(30)16-25(27)31)13-14-33(39(35)36)18-21-7-5-4-6-8-21/h4-12,15-17,19H,3,13-14,18H2,1-2H3,(H,35,36). The van der Waals surface area contributed by atoms with Gasteiger partial charge < -0.3 is 14.0 Å². The van der Waals surface area contributed by atoms with Crippen LogP contribution in [0.2, 0.25) is 0 Å². The predicted molar refractivity (Wildman–Crippen MR) is 146 cm³/mol. The van der Waals surface area contributed by atoms with Crippen molar-refractivity contribution >= 4 is 11.3 Å². The lowest BCUT2D eigenvalue weighted by Gasteiger charge is -2.19. The van der Waals surface area contributed by atoms with Crippen molar-refractivity contribution in [2.24, 2.45) is 7.05 Å². The van der Waals surface area contributed by atoms with Crippen molar-refractivity contribution in [2.75, 3.05) is 13.2 Å². The van der Waals surface area contributed by atoms with Crippen LogP contribution in [0.1, 0.15) is 18.1 Å². The molecule has 10 heteroatoms. The molecule has 0 bridgehead atoms. The molecular formula is C29H28F2N2O5S. The van der Waals surface area contributed by atoms with E-state index in [2.05, 4.69) is 0 Å². The zero-order valence-corrected chi connectivity index (χ0v) is 22.3. The van der Waals surface area contributed by atoms with Crippen LogP contribution >= 0.6 is 0 Å². The van der Waals surface area contributed by atoms with Gasteiger partial charge in [0.15, 0.2) is 11.6 Å². The van der Waals surface area contributed by atoms with Gasteiger partial charge in [0.2, 0.25) is 11.3 Å². The summed E-state index contributed by atoms with van der Waals surface area (Å²) < 4.78 is 64.2. The maximum absolute atomic E-state index is 14.4. The fourth-order valence-electron chi connectivity index (χ4n) is 4.05. The normalized spacial score (nSPS) is 11.9. The van der Waals surface area contributed by atoms with Gasteiger partial charge in [-0.1, -0.05) is 36.4 Å². The van der Waals surface area contributed by atoms with E-state index in [1.54, 1.807) is 38.4 Å². The minimum atomic E-state index is -2.19. The van der Waals surface area contributed by atoms with Gasteiger partial charge in [0, 0.05) is 49.6 Å². The molecule has 4 aromatic rings. The molecular weight excluding hydrogens is 526 g/mol. The molecule has 0 spiro atoms. The summed E-state index contributed by atoms with van der Waals surface area (Å²) in [7, 11) is 1.60. The van der Waals surface area contributed by atoms with Gasteiger partial charge in [0.1, 0.15) is 17.3 Å². The topological polar surface area (TPSA) is 81.0 Å². The van der Waals surface area contributed by atoms with Crippen LogP contribution in [-0.4, -0.2) is 30.8 Å². The maximum atomic E-state index is 14.4. The number of halogens is 2. The van der Waals surface area contributed by atoms with Gasteiger partial charge in [0.05, 0.1) is 6.61 Å². The first-order valence-corrected chi connectivity index (χ1v) is 13.3. The first-order valence-electron chi connectivity index (χ1n) is 12.2. The minimum Gasteiger partial charge on any atom is -0.493 e. The second-order valence-corrected chi connectivity index (χ2v) is 9.75. The summed E-state index contributed by atoms with van der Waals surface area (Å²) in [4.78, 5) is 12.3. The van der Waals surface area contributed by atoms with Crippen LogP contribution in [0.4, 0.5) is 8.78 Å². The van der Waals surface area contributed by atoms with E-state index >= 15 is 0 Å². The fraction of sp³-hybridized carbons (Fsp3) is 0.207. The quantitative estimate of drug-likeness (QED) is 0.241. The summed E-state index contributed by atoms with van der Waals surface area (Å²) in [5.74, 6) is -1.18. The van der Waals surface area contributed by atoms with Crippen molar-refractivity contribution in [3.05, 3.63) is 112 Å². The van der Waals surface area contributed by atoms with E-state index in [-0.39, 0.29) is 30.1 Å². The van der Waals surface area contributed by atoms with E-state index in [1.807, 2.05) is 30.3 Å². The Morgan fingerprint density at radius 3 is 2.36 bits per heavy atom. The number of ether oxygens (including phenoxy) is 2. The van der Waals surface area contributed by atoms with E-state index < -0.39 is 22.9 Å². The molecule has 0 aliphatic carbocycles. The molecule has 1 aromatic heterocycles. The Labute approximate surface area is 227 Å². The number of hydrogen-bond acceptors (Lipinski definition) is 4. The van der Waals surface area contributed by atoms with Crippen molar-refractivity contribution in [3.63, 3.8) is 0 Å². The zero-order valence-electron chi connectivity index (χ0n) is 21.5. The van der Waals surface area contributed by atoms with Crippen molar-refractivity contribution < 1.29 is 27.0 Å². The molecule has 1 N–H and O–H groups in total. The number of nitrogens with zero attached hydrogens (tertiary/aromatic N) is 2. The lowest BCUT2D eigenvalue weighted by atomic mass is 10.0. The van der Waals surface area contributed by atoms with Gasteiger partial charge in [-0.05, 0) is 48.7 Å². The Hall–Kier alpha value is -3.86. The average Bonchev–Trinajstić information content (AvgIpc) is 2.91. The van der Waals surface area contributed by atoms with Crippen LogP contribution in [0, 0.1) is 11.6 Å². The molecule has 204 valence electrons. The van der Waals surface area contributed by atoms with E-state index in [9.17, 15) is 22.3 Å². The fourth-order valence-corrected chi connectivity index (χ4v) is 4.56. The summed E-state index contributed by atoms with van der Waals surface area (Å²) >= 11 is -2.19. The van der Waals surface area contributed by atoms with Gasteiger partial charge in [-0.3, -0.25) is 9.35 Å². The van der Waals surface area contributed by atoms with Crippen LogP contribution in [0.5, 0.6) is 17.2 Å². The highest BCUT2D eigenvalue weighted by Gasteiger charge is 2.18. The highest BCUT2D eigenvalue weighted by molar-refractivity contribution is 7.76. The van der Waals surface area contributed by atoms with Crippen LogP contribution in [0.15, 0.2) is 83.8 Å². The number of aryl methyl sites for hydroxylation is 1. The van der Waals surface area contributed by atoms with E-state index in [0.29, 0.717) is 29.9 Å². The SMILES string of the molecule is CCOc1cc(=O)n(C)cc1-c1cc(CCN(Cc2ccccc2)S(=O)O)ccc1Oc1ccc(F)cc1F. The van der Waals surface area contributed by atoms with Crippen molar-refractivity contribution in [1.29, 1.82) is 0 Å².